The second-order valence-corrected chi connectivity index (χ2v) is 10.4. The molecule has 1 aromatic carbocycles. The molecule has 0 atom stereocenters. The van der Waals surface area contributed by atoms with Gasteiger partial charge in [0.25, 0.3) is 0 Å². The van der Waals surface area contributed by atoms with Crippen LogP contribution >= 0.6 is 59.1 Å². The Balaban J connectivity index is 2.10. The molecule has 0 amide bonds. The standard InChI is InChI=1S/C13H12Br3NO2S2/c1-8-6-11(15)12(7-10(8)14)21(18,19)17-5-4-9-2-3-13(16)20-9/h2-3,6-7,17H,4-5H2,1H3. The molecule has 0 aliphatic rings. The molecule has 114 valence electrons. The molecule has 0 spiro atoms. The highest BCUT2D eigenvalue weighted by molar-refractivity contribution is 9.11. The highest BCUT2D eigenvalue weighted by atomic mass is 79.9. The molecule has 0 bridgehead atoms. The van der Waals surface area contributed by atoms with E-state index in [-0.39, 0.29) is 4.90 Å². The molecule has 0 aliphatic carbocycles. The van der Waals surface area contributed by atoms with E-state index in [1.165, 1.54) is 0 Å². The lowest BCUT2D eigenvalue weighted by Gasteiger charge is -2.10. The van der Waals surface area contributed by atoms with Crippen molar-refractivity contribution in [2.24, 2.45) is 0 Å². The van der Waals surface area contributed by atoms with Crippen LogP contribution < -0.4 is 4.72 Å². The molecule has 0 saturated carbocycles. The lowest BCUT2D eigenvalue weighted by Crippen LogP contribution is -2.26. The third-order valence-electron chi connectivity index (χ3n) is 2.80. The fourth-order valence-electron chi connectivity index (χ4n) is 1.71. The summed E-state index contributed by atoms with van der Waals surface area (Å²) in [4.78, 5) is 1.38. The largest absolute Gasteiger partial charge is 0.241 e. The third-order valence-corrected chi connectivity index (χ3v) is 7.75. The minimum atomic E-state index is -3.53. The molecule has 1 N–H and O–H groups in total. The van der Waals surface area contributed by atoms with Crippen LogP contribution in [0.3, 0.4) is 0 Å². The van der Waals surface area contributed by atoms with Gasteiger partial charge in [-0.25, -0.2) is 13.1 Å². The summed E-state index contributed by atoms with van der Waals surface area (Å²) in [5.41, 5.74) is 0.976. The van der Waals surface area contributed by atoms with E-state index in [0.717, 1.165) is 18.7 Å². The first-order valence-electron chi connectivity index (χ1n) is 5.99. The van der Waals surface area contributed by atoms with E-state index in [1.807, 2.05) is 19.1 Å². The van der Waals surface area contributed by atoms with E-state index in [2.05, 4.69) is 52.5 Å². The molecule has 0 unspecified atom stereocenters. The molecule has 1 heterocycles. The van der Waals surface area contributed by atoms with Gasteiger partial charge in [0.1, 0.15) is 0 Å². The molecule has 21 heavy (non-hydrogen) atoms. The summed E-state index contributed by atoms with van der Waals surface area (Å²) in [6, 6.07) is 7.35. The van der Waals surface area contributed by atoms with E-state index >= 15 is 0 Å². The Hall–Kier alpha value is 0.270. The number of nitrogens with one attached hydrogen (secondary N) is 1. The lowest BCUT2D eigenvalue weighted by molar-refractivity contribution is 0.581. The second kappa shape index (κ2) is 7.23. The van der Waals surface area contributed by atoms with Crippen LogP contribution in [0.1, 0.15) is 10.4 Å². The fourth-order valence-corrected chi connectivity index (χ4v) is 5.90. The molecule has 2 rings (SSSR count). The monoisotopic (exact) mass is 515 g/mol. The van der Waals surface area contributed by atoms with Crippen molar-refractivity contribution in [1.82, 2.24) is 4.72 Å². The molecule has 8 heteroatoms. The maximum atomic E-state index is 12.3. The maximum absolute atomic E-state index is 12.3. The predicted molar refractivity (Wildman–Crippen MR) is 97.5 cm³/mol. The summed E-state index contributed by atoms with van der Waals surface area (Å²) >= 11 is 11.7. The van der Waals surface area contributed by atoms with E-state index in [0.29, 0.717) is 17.4 Å². The fraction of sp³-hybridized carbons (Fsp3) is 0.231. The van der Waals surface area contributed by atoms with Crippen LogP contribution in [0.15, 0.2) is 41.9 Å². The van der Waals surface area contributed by atoms with Crippen molar-refractivity contribution in [3.63, 3.8) is 0 Å². The number of rotatable bonds is 5. The molecule has 3 nitrogen and oxygen atoms in total. The average Bonchev–Trinajstić information content (AvgIpc) is 2.79. The van der Waals surface area contributed by atoms with Gasteiger partial charge in [0.15, 0.2) is 0 Å². The van der Waals surface area contributed by atoms with Crippen LogP contribution in [0.2, 0.25) is 0 Å². The number of hydrogen-bond donors (Lipinski definition) is 1. The Morgan fingerprint density at radius 3 is 2.48 bits per heavy atom. The Morgan fingerprint density at radius 2 is 1.86 bits per heavy atom. The van der Waals surface area contributed by atoms with Gasteiger partial charge in [-0.05, 0) is 75.0 Å². The van der Waals surface area contributed by atoms with Gasteiger partial charge in [-0.2, -0.15) is 0 Å². The summed E-state index contributed by atoms with van der Waals surface area (Å²) in [7, 11) is -3.53. The Kier molecular flexibility index (Phi) is 6.07. The van der Waals surface area contributed by atoms with Crippen LogP contribution in [-0.4, -0.2) is 15.0 Å². The van der Waals surface area contributed by atoms with Crippen molar-refractivity contribution in [3.05, 3.63) is 47.4 Å². The van der Waals surface area contributed by atoms with Gasteiger partial charge >= 0.3 is 0 Å². The van der Waals surface area contributed by atoms with Crippen LogP contribution in [0, 0.1) is 6.92 Å². The van der Waals surface area contributed by atoms with E-state index in [4.69, 9.17) is 0 Å². The van der Waals surface area contributed by atoms with Gasteiger partial charge in [-0.1, -0.05) is 15.9 Å². The summed E-state index contributed by atoms with van der Waals surface area (Å²) in [6.07, 6.45) is 0.667. The van der Waals surface area contributed by atoms with E-state index < -0.39 is 10.0 Å². The molecule has 0 saturated heterocycles. The minimum Gasteiger partial charge on any atom is -0.211 e. The van der Waals surface area contributed by atoms with Crippen molar-refractivity contribution < 1.29 is 8.42 Å². The smallest absolute Gasteiger partial charge is 0.211 e. The lowest BCUT2D eigenvalue weighted by atomic mass is 10.2. The third kappa shape index (κ3) is 4.62. The summed E-state index contributed by atoms with van der Waals surface area (Å²) in [6.45, 7) is 2.28. The summed E-state index contributed by atoms with van der Waals surface area (Å²) in [5.74, 6) is 0. The Labute approximate surface area is 153 Å². The number of thiophene rings is 1. The van der Waals surface area contributed by atoms with Crippen molar-refractivity contribution in [1.29, 1.82) is 0 Å². The first-order valence-corrected chi connectivity index (χ1v) is 10.7. The maximum Gasteiger partial charge on any atom is 0.241 e. The molecular formula is C13H12Br3NO2S2. The first-order chi connectivity index (χ1) is 9.79. The van der Waals surface area contributed by atoms with Crippen molar-refractivity contribution in [2.45, 2.75) is 18.2 Å². The van der Waals surface area contributed by atoms with Crippen LogP contribution in [-0.2, 0) is 16.4 Å². The Morgan fingerprint density at radius 1 is 1.14 bits per heavy atom. The molecule has 1 aromatic heterocycles. The molecule has 0 fully saturated rings. The highest BCUT2D eigenvalue weighted by Crippen LogP contribution is 2.28. The highest BCUT2D eigenvalue weighted by Gasteiger charge is 2.18. The number of aryl methyl sites for hydroxylation is 1. The number of benzene rings is 1. The zero-order valence-electron chi connectivity index (χ0n) is 11.0. The van der Waals surface area contributed by atoms with Crippen LogP contribution in [0.5, 0.6) is 0 Å². The van der Waals surface area contributed by atoms with Crippen LogP contribution in [0.25, 0.3) is 0 Å². The summed E-state index contributed by atoms with van der Waals surface area (Å²) in [5, 5.41) is 0. The predicted octanol–water partition coefficient (Wildman–Crippen LogP) is 4.87. The number of sulfonamides is 1. The molecule has 0 radical (unpaired) electrons. The van der Waals surface area contributed by atoms with Crippen molar-refractivity contribution in [3.8, 4) is 0 Å². The topological polar surface area (TPSA) is 46.2 Å². The zero-order chi connectivity index (χ0) is 15.6. The Bertz CT molecular complexity index is 757. The molecule has 2 aromatic rings. The van der Waals surface area contributed by atoms with Gasteiger partial charge in [-0.15, -0.1) is 11.3 Å². The minimum absolute atomic E-state index is 0.243. The number of hydrogen-bond acceptors (Lipinski definition) is 3. The van der Waals surface area contributed by atoms with Gasteiger partial charge < -0.3 is 0 Å². The van der Waals surface area contributed by atoms with Crippen LogP contribution in [0.4, 0.5) is 0 Å². The van der Waals surface area contributed by atoms with E-state index in [9.17, 15) is 8.42 Å². The van der Waals surface area contributed by atoms with Gasteiger partial charge in [0.05, 0.1) is 8.68 Å². The quantitative estimate of drug-likeness (QED) is 0.615. The SMILES string of the molecule is Cc1cc(Br)c(S(=O)(=O)NCCc2ccc(Br)s2)cc1Br. The first kappa shape index (κ1) is 17.6. The normalized spacial score (nSPS) is 11.8. The van der Waals surface area contributed by atoms with Crippen molar-refractivity contribution >= 4 is 69.1 Å². The summed E-state index contributed by atoms with van der Waals surface area (Å²) < 4.78 is 29.7. The van der Waals surface area contributed by atoms with E-state index in [1.54, 1.807) is 23.5 Å². The van der Waals surface area contributed by atoms with Gasteiger partial charge in [-0.3, -0.25) is 0 Å². The average molecular weight is 518 g/mol. The molecular weight excluding hydrogens is 506 g/mol. The van der Waals surface area contributed by atoms with Crippen molar-refractivity contribution in [2.75, 3.05) is 6.54 Å². The second-order valence-electron chi connectivity index (χ2n) is 4.39. The zero-order valence-corrected chi connectivity index (χ0v) is 17.4. The van der Waals surface area contributed by atoms with Gasteiger partial charge in [0, 0.05) is 20.4 Å². The van der Waals surface area contributed by atoms with Gasteiger partial charge in [0.2, 0.25) is 10.0 Å². The number of halogens is 3. The molecule has 0 aliphatic heterocycles.